The van der Waals surface area contributed by atoms with Crippen molar-refractivity contribution in [3.05, 3.63) is 0 Å². The smallest absolute Gasteiger partial charge is 0.239 e. The number of nitrogens with one attached hydrogen (secondary N) is 3. The molecule has 0 aliphatic carbocycles. The molecule has 5 N–H and O–H groups in total. The first-order valence-corrected chi connectivity index (χ1v) is 4.97. The van der Waals surface area contributed by atoms with Crippen LogP contribution in [0.25, 0.3) is 0 Å². The summed E-state index contributed by atoms with van der Waals surface area (Å²) in [6.07, 6.45) is 0. The first-order valence-electron chi connectivity index (χ1n) is 4.97. The topological polar surface area (TPSA) is 113 Å². The van der Waals surface area contributed by atoms with Crippen LogP contribution in [0.2, 0.25) is 0 Å². The number of amides is 3. The third kappa shape index (κ3) is 8.95. The summed E-state index contributed by atoms with van der Waals surface area (Å²) in [6, 6.07) is 0.203. The molecule has 0 unspecified atom stereocenters. The van der Waals surface area contributed by atoms with Gasteiger partial charge in [-0.25, -0.2) is 0 Å². The highest BCUT2D eigenvalue weighted by molar-refractivity contribution is 5.88. The first-order chi connectivity index (χ1) is 7.41. The molecule has 0 aromatic carbocycles. The van der Waals surface area contributed by atoms with Gasteiger partial charge in [0.15, 0.2) is 0 Å². The van der Waals surface area contributed by atoms with E-state index in [9.17, 15) is 14.4 Å². The fourth-order valence-electron chi connectivity index (χ4n) is 0.786. The summed E-state index contributed by atoms with van der Waals surface area (Å²) < 4.78 is 0. The molecule has 7 heteroatoms. The first kappa shape index (κ1) is 14.4. The Hall–Kier alpha value is -1.63. The van der Waals surface area contributed by atoms with E-state index in [4.69, 9.17) is 5.73 Å². The van der Waals surface area contributed by atoms with Crippen LogP contribution in [0.4, 0.5) is 0 Å². The average Bonchev–Trinajstić information content (AvgIpc) is 2.20. The third-order valence-corrected chi connectivity index (χ3v) is 1.58. The number of carbonyl (C=O) groups is 3. The van der Waals surface area contributed by atoms with Gasteiger partial charge in [-0.3, -0.25) is 14.4 Å². The monoisotopic (exact) mass is 230 g/mol. The molecule has 0 aromatic rings. The van der Waals surface area contributed by atoms with E-state index in [0.29, 0.717) is 0 Å². The highest BCUT2D eigenvalue weighted by Crippen LogP contribution is 1.74. The Morgan fingerprint density at radius 1 is 1.00 bits per heavy atom. The fraction of sp³-hybridized carbons (Fsp3) is 0.667. The zero-order chi connectivity index (χ0) is 12.6. The summed E-state index contributed by atoms with van der Waals surface area (Å²) in [5.41, 5.74) is 4.83. The summed E-state index contributed by atoms with van der Waals surface area (Å²) in [5.74, 6) is -1.35. The molecule has 0 aromatic heterocycles. The summed E-state index contributed by atoms with van der Waals surface area (Å²) in [5, 5.41) is 7.55. The minimum atomic E-state index is -0.624. The Bertz CT molecular complexity index is 265. The molecule has 0 saturated heterocycles. The van der Waals surface area contributed by atoms with E-state index in [1.54, 1.807) is 0 Å². The standard InChI is InChI=1S/C9H18N4O3/c1-6(2)11-4-8(15)13-5-9(16)12-3-7(10)14/h6,11H,3-5H2,1-2H3,(H2,10,14)(H,12,16)(H,13,15). The molecule has 16 heavy (non-hydrogen) atoms. The molecule has 0 spiro atoms. The molecule has 3 amide bonds. The molecule has 0 atom stereocenters. The lowest BCUT2D eigenvalue weighted by Crippen LogP contribution is -2.43. The van der Waals surface area contributed by atoms with Crippen LogP contribution in [0.5, 0.6) is 0 Å². The van der Waals surface area contributed by atoms with E-state index in [0.717, 1.165) is 0 Å². The summed E-state index contributed by atoms with van der Waals surface area (Å²) in [6.45, 7) is 3.59. The predicted octanol–water partition coefficient (Wildman–Crippen LogP) is -2.30. The van der Waals surface area contributed by atoms with Gasteiger partial charge in [0, 0.05) is 6.04 Å². The molecule has 0 radical (unpaired) electrons. The lowest BCUT2D eigenvalue weighted by molar-refractivity contribution is -0.126. The Morgan fingerprint density at radius 3 is 2.00 bits per heavy atom. The largest absolute Gasteiger partial charge is 0.368 e. The maximum Gasteiger partial charge on any atom is 0.239 e. The van der Waals surface area contributed by atoms with Gasteiger partial charge in [0.25, 0.3) is 0 Å². The number of rotatable bonds is 7. The molecule has 0 fully saturated rings. The molecule has 0 saturated carbocycles. The van der Waals surface area contributed by atoms with Crippen molar-refractivity contribution in [1.29, 1.82) is 0 Å². The minimum Gasteiger partial charge on any atom is -0.368 e. The highest BCUT2D eigenvalue weighted by Gasteiger charge is 2.06. The maximum absolute atomic E-state index is 11.1. The molecular weight excluding hydrogens is 212 g/mol. The Balaban J connectivity index is 3.59. The molecule has 0 rings (SSSR count). The van der Waals surface area contributed by atoms with Gasteiger partial charge in [-0.2, -0.15) is 0 Å². The van der Waals surface area contributed by atoms with Gasteiger partial charge >= 0.3 is 0 Å². The minimum absolute atomic E-state index is 0.154. The number of primary amides is 1. The highest BCUT2D eigenvalue weighted by atomic mass is 16.2. The Morgan fingerprint density at radius 2 is 1.50 bits per heavy atom. The maximum atomic E-state index is 11.1. The second kappa shape index (κ2) is 7.63. The molecular formula is C9H18N4O3. The van der Waals surface area contributed by atoms with Crippen LogP contribution in [0.15, 0.2) is 0 Å². The van der Waals surface area contributed by atoms with E-state index in [1.165, 1.54) is 0 Å². The zero-order valence-electron chi connectivity index (χ0n) is 9.50. The van der Waals surface area contributed by atoms with Gasteiger partial charge < -0.3 is 21.7 Å². The van der Waals surface area contributed by atoms with Crippen molar-refractivity contribution in [3.8, 4) is 0 Å². The van der Waals surface area contributed by atoms with Crippen molar-refractivity contribution in [1.82, 2.24) is 16.0 Å². The van der Waals surface area contributed by atoms with Crippen LogP contribution in [-0.4, -0.2) is 43.4 Å². The van der Waals surface area contributed by atoms with Crippen LogP contribution in [0.1, 0.15) is 13.8 Å². The van der Waals surface area contributed by atoms with E-state index in [-0.39, 0.29) is 31.6 Å². The van der Waals surface area contributed by atoms with Crippen molar-refractivity contribution in [2.75, 3.05) is 19.6 Å². The molecule has 0 aliphatic rings. The van der Waals surface area contributed by atoms with E-state index >= 15 is 0 Å². The molecule has 7 nitrogen and oxygen atoms in total. The predicted molar refractivity (Wildman–Crippen MR) is 58.4 cm³/mol. The van der Waals surface area contributed by atoms with Crippen LogP contribution in [-0.2, 0) is 14.4 Å². The zero-order valence-corrected chi connectivity index (χ0v) is 9.50. The molecule has 0 heterocycles. The van der Waals surface area contributed by atoms with Crippen molar-refractivity contribution in [3.63, 3.8) is 0 Å². The van der Waals surface area contributed by atoms with Crippen molar-refractivity contribution < 1.29 is 14.4 Å². The van der Waals surface area contributed by atoms with E-state index in [2.05, 4.69) is 16.0 Å². The number of hydrogen-bond donors (Lipinski definition) is 4. The van der Waals surface area contributed by atoms with Crippen molar-refractivity contribution in [2.24, 2.45) is 5.73 Å². The number of hydrogen-bond acceptors (Lipinski definition) is 4. The van der Waals surface area contributed by atoms with Gasteiger partial charge in [0.2, 0.25) is 17.7 Å². The van der Waals surface area contributed by atoms with Gasteiger partial charge in [-0.1, -0.05) is 13.8 Å². The lowest BCUT2D eigenvalue weighted by Gasteiger charge is -2.08. The van der Waals surface area contributed by atoms with Gasteiger partial charge in [0.1, 0.15) is 0 Å². The molecule has 0 bridgehead atoms. The van der Waals surface area contributed by atoms with Crippen LogP contribution < -0.4 is 21.7 Å². The number of nitrogens with two attached hydrogens (primary N) is 1. The fourth-order valence-corrected chi connectivity index (χ4v) is 0.786. The van der Waals surface area contributed by atoms with Gasteiger partial charge in [-0.05, 0) is 0 Å². The lowest BCUT2D eigenvalue weighted by atomic mass is 10.4. The summed E-state index contributed by atoms with van der Waals surface area (Å²) in [7, 11) is 0. The normalized spacial score (nSPS) is 9.94. The van der Waals surface area contributed by atoms with Crippen molar-refractivity contribution in [2.45, 2.75) is 19.9 Å². The van der Waals surface area contributed by atoms with Crippen molar-refractivity contribution >= 4 is 17.7 Å². The van der Waals surface area contributed by atoms with Gasteiger partial charge in [0.05, 0.1) is 19.6 Å². The Labute approximate surface area is 94.1 Å². The Kier molecular flexibility index (Phi) is 6.86. The van der Waals surface area contributed by atoms with E-state index in [1.807, 2.05) is 13.8 Å². The summed E-state index contributed by atoms with van der Waals surface area (Å²) >= 11 is 0. The average molecular weight is 230 g/mol. The van der Waals surface area contributed by atoms with Gasteiger partial charge in [-0.15, -0.1) is 0 Å². The van der Waals surface area contributed by atoms with E-state index < -0.39 is 11.8 Å². The van der Waals surface area contributed by atoms with Crippen LogP contribution in [0, 0.1) is 0 Å². The summed E-state index contributed by atoms with van der Waals surface area (Å²) in [4.78, 5) is 32.5. The number of carbonyl (C=O) groups excluding carboxylic acids is 3. The third-order valence-electron chi connectivity index (χ3n) is 1.58. The van der Waals surface area contributed by atoms with Crippen LogP contribution >= 0.6 is 0 Å². The second-order valence-corrected chi connectivity index (χ2v) is 3.56. The quantitative estimate of drug-likeness (QED) is 0.394. The SMILES string of the molecule is CC(C)NCC(=O)NCC(=O)NCC(N)=O. The molecule has 0 aliphatic heterocycles. The molecule has 92 valence electrons. The van der Waals surface area contributed by atoms with Crippen LogP contribution in [0.3, 0.4) is 0 Å². The second-order valence-electron chi connectivity index (χ2n) is 3.56.